The number of urea groups is 1. The first-order valence-corrected chi connectivity index (χ1v) is 10.2. The highest BCUT2D eigenvalue weighted by Crippen LogP contribution is 2.31. The number of carbonyl (C=O) groups is 3. The molecule has 3 aromatic carbocycles. The number of amides is 4. The summed E-state index contributed by atoms with van der Waals surface area (Å²) in [4.78, 5) is 35.2. The number of carbonyl (C=O) groups excluding carboxylic acids is 3. The maximum Gasteiger partial charge on any atom is 0.328 e. The summed E-state index contributed by atoms with van der Waals surface area (Å²) in [6, 6.07) is 16.6. The first-order chi connectivity index (χ1) is 15.5. The number of imide groups is 2. The van der Waals surface area contributed by atoms with Crippen LogP contribution in [0.15, 0.2) is 60.2 Å². The Morgan fingerprint density at radius 2 is 1.62 bits per heavy atom. The van der Waals surface area contributed by atoms with Crippen LogP contribution in [0.5, 0.6) is 11.5 Å². The third kappa shape index (κ3) is 4.32. The van der Waals surface area contributed by atoms with Crippen LogP contribution < -0.4 is 20.1 Å². The quantitative estimate of drug-likeness (QED) is 0.457. The summed E-state index contributed by atoms with van der Waals surface area (Å²) in [5, 5.41) is 6.39. The third-order valence-corrected chi connectivity index (χ3v) is 5.17. The molecule has 0 aliphatic carbocycles. The fraction of sp³-hybridized carbons (Fsp3) is 0.160. The smallest absolute Gasteiger partial charge is 0.328 e. The Morgan fingerprint density at radius 1 is 0.875 bits per heavy atom. The van der Waals surface area contributed by atoms with Gasteiger partial charge in [-0.3, -0.25) is 20.2 Å². The maximum absolute atomic E-state index is 12.0. The Morgan fingerprint density at radius 3 is 2.38 bits per heavy atom. The van der Waals surface area contributed by atoms with Gasteiger partial charge in [-0.05, 0) is 54.0 Å². The van der Waals surface area contributed by atoms with E-state index in [-0.39, 0.29) is 5.57 Å². The lowest BCUT2D eigenvalue weighted by Crippen LogP contribution is -2.51. The van der Waals surface area contributed by atoms with E-state index >= 15 is 0 Å². The van der Waals surface area contributed by atoms with Crippen molar-refractivity contribution in [1.82, 2.24) is 10.6 Å². The minimum Gasteiger partial charge on any atom is -0.490 e. The average Bonchev–Trinajstić information content (AvgIpc) is 2.77. The lowest BCUT2D eigenvalue weighted by atomic mass is 10.0. The Bertz CT molecular complexity index is 1240. The monoisotopic (exact) mass is 430 g/mol. The number of fused-ring (bicyclic) bond motifs is 1. The summed E-state index contributed by atoms with van der Waals surface area (Å²) < 4.78 is 11.9. The molecule has 1 aliphatic heterocycles. The molecule has 1 aliphatic rings. The standard InChI is InChI=1S/C25H22N2O5/c1-3-31-22-13-16(12-19-23(28)26-25(30)27-24(19)29)9-11-21(22)32-14-20-15(2)8-10-17-6-4-5-7-18(17)20/h4-13H,3,14H2,1-2H3,(H2,26,27,28,29,30). The van der Waals surface area contributed by atoms with Crippen molar-refractivity contribution in [3.8, 4) is 11.5 Å². The number of hydrogen-bond donors (Lipinski definition) is 2. The van der Waals surface area contributed by atoms with Crippen molar-refractivity contribution in [1.29, 1.82) is 0 Å². The van der Waals surface area contributed by atoms with Crippen molar-refractivity contribution >= 4 is 34.7 Å². The highest BCUT2D eigenvalue weighted by molar-refractivity contribution is 6.31. The Hall–Kier alpha value is -4.13. The van der Waals surface area contributed by atoms with Crippen LogP contribution >= 0.6 is 0 Å². The molecule has 7 nitrogen and oxygen atoms in total. The highest BCUT2D eigenvalue weighted by atomic mass is 16.5. The van der Waals surface area contributed by atoms with Crippen molar-refractivity contribution in [2.24, 2.45) is 0 Å². The number of benzene rings is 3. The molecule has 0 unspecified atom stereocenters. The zero-order chi connectivity index (χ0) is 22.7. The summed E-state index contributed by atoms with van der Waals surface area (Å²) in [5.41, 5.74) is 2.63. The molecule has 0 spiro atoms. The van der Waals surface area contributed by atoms with Crippen LogP contribution in [0.1, 0.15) is 23.6 Å². The molecule has 2 N–H and O–H groups in total. The summed E-state index contributed by atoms with van der Waals surface area (Å²) in [7, 11) is 0. The van der Waals surface area contributed by atoms with Crippen LogP contribution in [-0.2, 0) is 16.2 Å². The summed E-state index contributed by atoms with van der Waals surface area (Å²) in [6.45, 7) is 4.69. The summed E-state index contributed by atoms with van der Waals surface area (Å²) in [6.07, 6.45) is 1.40. The van der Waals surface area contributed by atoms with Gasteiger partial charge in [-0.1, -0.05) is 42.5 Å². The summed E-state index contributed by atoms with van der Waals surface area (Å²) >= 11 is 0. The van der Waals surface area contributed by atoms with E-state index < -0.39 is 17.8 Å². The largest absolute Gasteiger partial charge is 0.490 e. The fourth-order valence-corrected chi connectivity index (χ4v) is 3.56. The number of rotatable bonds is 6. The Labute approximate surface area is 185 Å². The van der Waals surface area contributed by atoms with Crippen molar-refractivity contribution in [3.05, 3.63) is 76.9 Å². The topological polar surface area (TPSA) is 93.7 Å². The molecule has 4 rings (SSSR count). The minimum absolute atomic E-state index is 0.160. The van der Waals surface area contributed by atoms with Gasteiger partial charge in [0.05, 0.1) is 6.61 Å². The molecule has 3 aromatic rings. The molecule has 32 heavy (non-hydrogen) atoms. The van der Waals surface area contributed by atoms with E-state index in [0.29, 0.717) is 30.3 Å². The van der Waals surface area contributed by atoms with Gasteiger partial charge in [0, 0.05) is 5.56 Å². The molecule has 7 heteroatoms. The lowest BCUT2D eigenvalue weighted by Gasteiger charge is -2.16. The van der Waals surface area contributed by atoms with Crippen molar-refractivity contribution in [3.63, 3.8) is 0 Å². The Kier molecular flexibility index (Phi) is 5.89. The van der Waals surface area contributed by atoms with Gasteiger partial charge < -0.3 is 9.47 Å². The number of nitrogens with one attached hydrogen (secondary N) is 2. The molecule has 0 bridgehead atoms. The van der Waals surface area contributed by atoms with Gasteiger partial charge in [-0.2, -0.15) is 0 Å². The average molecular weight is 430 g/mol. The van der Waals surface area contributed by atoms with Crippen LogP contribution in [-0.4, -0.2) is 24.5 Å². The first-order valence-electron chi connectivity index (χ1n) is 10.2. The van der Waals surface area contributed by atoms with E-state index in [0.717, 1.165) is 21.9 Å². The van der Waals surface area contributed by atoms with Crippen LogP contribution in [0, 0.1) is 6.92 Å². The second-order valence-corrected chi connectivity index (χ2v) is 7.31. The van der Waals surface area contributed by atoms with Crippen LogP contribution in [0.4, 0.5) is 4.79 Å². The molecule has 162 valence electrons. The van der Waals surface area contributed by atoms with E-state index in [1.165, 1.54) is 6.08 Å². The SMILES string of the molecule is CCOc1cc(C=C2C(=O)NC(=O)NC2=O)ccc1OCc1c(C)ccc2ccccc12. The van der Waals surface area contributed by atoms with E-state index in [9.17, 15) is 14.4 Å². The van der Waals surface area contributed by atoms with E-state index in [1.807, 2.05) is 19.1 Å². The Balaban J connectivity index is 1.61. The number of barbiturate groups is 1. The molecule has 0 radical (unpaired) electrons. The van der Waals surface area contributed by atoms with Crippen molar-refractivity contribution < 1.29 is 23.9 Å². The van der Waals surface area contributed by atoms with Crippen molar-refractivity contribution in [2.75, 3.05) is 6.61 Å². The van der Waals surface area contributed by atoms with E-state index in [2.05, 4.69) is 41.8 Å². The van der Waals surface area contributed by atoms with Gasteiger partial charge in [0.15, 0.2) is 11.5 Å². The predicted octanol–water partition coefficient (Wildman–Crippen LogP) is 3.88. The van der Waals surface area contributed by atoms with Gasteiger partial charge in [-0.15, -0.1) is 0 Å². The number of ether oxygens (including phenoxy) is 2. The maximum atomic E-state index is 12.0. The van der Waals surface area contributed by atoms with Crippen LogP contribution in [0.3, 0.4) is 0 Å². The molecule has 1 fully saturated rings. The van der Waals surface area contributed by atoms with Gasteiger partial charge in [0.25, 0.3) is 11.8 Å². The molecule has 0 saturated carbocycles. The second-order valence-electron chi connectivity index (χ2n) is 7.31. The van der Waals surface area contributed by atoms with Crippen molar-refractivity contribution in [2.45, 2.75) is 20.5 Å². The molecule has 0 aromatic heterocycles. The predicted molar refractivity (Wildman–Crippen MR) is 120 cm³/mol. The molecule has 1 saturated heterocycles. The molecule has 0 atom stereocenters. The summed E-state index contributed by atoms with van der Waals surface area (Å²) in [5.74, 6) is -0.451. The van der Waals surface area contributed by atoms with Crippen LogP contribution in [0.25, 0.3) is 16.8 Å². The lowest BCUT2D eigenvalue weighted by molar-refractivity contribution is -0.123. The molecule has 1 heterocycles. The van der Waals surface area contributed by atoms with Crippen LogP contribution in [0.2, 0.25) is 0 Å². The zero-order valence-electron chi connectivity index (χ0n) is 17.7. The van der Waals surface area contributed by atoms with Gasteiger partial charge in [-0.25, -0.2) is 4.79 Å². The molecule has 4 amide bonds. The minimum atomic E-state index is -0.834. The zero-order valence-corrected chi connectivity index (χ0v) is 17.7. The van der Waals surface area contributed by atoms with Gasteiger partial charge in [0.1, 0.15) is 12.2 Å². The number of aryl methyl sites for hydroxylation is 1. The molecular weight excluding hydrogens is 408 g/mol. The second kappa shape index (κ2) is 8.93. The highest BCUT2D eigenvalue weighted by Gasteiger charge is 2.27. The fourth-order valence-electron chi connectivity index (χ4n) is 3.56. The third-order valence-electron chi connectivity index (χ3n) is 5.17. The van der Waals surface area contributed by atoms with Gasteiger partial charge in [0.2, 0.25) is 0 Å². The van der Waals surface area contributed by atoms with E-state index in [1.54, 1.807) is 18.2 Å². The van der Waals surface area contributed by atoms with Gasteiger partial charge >= 0.3 is 6.03 Å². The molecular formula is C25H22N2O5. The van der Waals surface area contributed by atoms with E-state index in [4.69, 9.17) is 9.47 Å². The number of hydrogen-bond acceptors (Lipinski definition) is 5. The first kappa shape index (κ1) is 21.1. The normalized spacial score (nSPS) is 13.6.